The summed E-state index contributed by atoms with van der Waals surface area (Å²) in [5, 5.41) is 10.5. The van der Waals surface area contributed by atoms with E-state index < -0.39 is 0 Å². The summed E-state index contributed by atoms with van der Waals surface area (Å²) in [7, 11) is 1.61. The zero-order valence-corrected chi connectivity index (χ0v) is 20.0. The van der Waals surface area contributed by atoms with Gasteiger partial charge in [-0.25, -0.2) is 0 Å². The van der Waals surface area contributed by atoms with Crippen molar-refractivity contribution in [3.8, 4) is 17.0 Å². The normalized spacial score (nSPS) is 10.6. The first-order chi connectivity index (χ1) is 17.0. The Bertz CT molecular complexity index is 1330. The molecule has 0 saturated carbocycles. The lowest BCUT2D eigenvalue weighted by Crippen LogP contribution is -2.23. The second-order valence-electron chi connectivity index (χ2n) is 8.15. The fourth-order valence-corrected chi connectivity index (χ4v) is 3.75. The van der Waals surface area contributed by atoms with Gasteiger partial charge in [-0.2, -0.15) is 5.10 Å². The molecule has 0 aliphatic heterocycles. The zero-order valence-electron chi connectivity index (χ0n) is 20.0. The van der Waals surface area contributed by atoms with Crippen LogP contribution in [-0.4, -0.2) is 35.2 Å². The molecule has 0 fully saturated rings. The number of benzene rings is 3. The number of aryl methyl sites for hydroxylation is 1. The number of aromatic nitrogens is 2. The van der Waals surface area contributed by atoms with Crippen molar-refractivity contribution in [1.29, 1.82) is 0 Å². The number of amides is 2. The topological polar surface area (TPSA) is 85.3 Å². The Balaban J connectivity index is 1.68. The largest absolute Gasteiger partial charge is 0.497 e. The maximum Gasteiger partial charge on any atom is 0.259 e. The number of methoxy groups -OCH3 is 1. The molecule has 0 unspecified atom stereocenters. The average molecular weight is 469 g/mol. The quantitative estimate of drug-likeness (QED) is 0.385. The summed E-state index contributed by atoms with van der Waals surface area (Å²) in [6, 6.07) is 22.7. The molecule has 1 aromatic heterocycles. The monoisotopic (exact) mass is 468 g/mol. The van der Waals surface area contributed by atoms with Crippen molar-refractivity contribution in [2.75, 3.05) is 19.0 Å². The van der Waals surface area contributed by atoms with Gasteiger partial charge in [0, 0.05) is 29.6 Å². The second-order valence-corrected chi connectivity index (χ2v) is 8.15. The second kappa shape index (κ2) is 10.7. The van der Waals surface area contributed by atoms with E-state index in [4.69, 9.17) is 9.84 Å². The van der Waals surface area contributed by atoms with Crippen LogP contribution in [0.4, 0.5) is 5.69 Å². The fraction of sp³-hybridized carbons (Fsp3) is 0.179. The summed E-state index contributed by atoms with van der Waals surface area (Å²) < 4.78 is 7.04. The Morgan fingerprint density at radius 2 is 1.71 bits per heavy atom. The van der Waals surface area contributed by atoms with Crippen molar-refractivity contribution in [3.05, 3.63) is 101 Å². The highest BCUT2D eigenvalue weighted by Gasteiger charge is 2.20. The highest BCUT2D eigenvalue weighted by Crippen LogP contribution is 2.26. The maximum absolute atomic E-state index is 13.5. The number of carbonyl (C=O) groups excluding carboxylic acids is 2. The van der Waals surface area contributed by atoms with E-state index in [1.165, 1.54) is 0 Å². The summed E-state index contributed by atoms with van der Waals surface area (Å²) in [4.78, 5) is 25.8. The predicted molar refractivity (Wildman–Crippen MR) is 137 cm³/mol. The molecule has 0 bridgehead atoms. The molecule has 35 heavy (non-hydrogen) atoms. The van der Waals surface area contributed by atoms with Crippen LogP contribution in [0.5, 0.6) is 5.75 Å². The van der Waals surface area contributed by atoms with E-state index in [2.05, 4.69) is 10.6 Å². The number of rotatable bonds is 8. The lowest BCUT2D eigenvalue weighted by molar-refractivity contribution is 0.0954. The molecule has 4 rings (SSSR count). The molecule has 2 N–H and O–H groups in total. The van der Waals surface area contributed by atoms with E-state index >= 15 is 0 Å². The molecule has 4 aromatic rings. The third-order valence-electron chi connectivity index (χ3n) is 5.64. The van der Waals surface area contributed by atoms with Crippen LogP contribution in [-0.2, 0) is 6.54 Å². The zero-order chi connectivity index (χ0) is 24.8. The Kier molecular flexibility index (Phi) is 7.26. The maximum atomic E-state index is 13.5. The van der Waals surface area contributed by atoms with Gasteiger partial charge >= 0.3 is 0 Å². The molecule has 7 heteroatoms. The predicted octanol–water partition coefficient (Wildman–Crippen LogP) is 4.92. The minimum absolute atomic E-state index is 0.183. The van der Waals surface area contributed by atoms with Crippen LogP contribution in [0.1, 0.15) is 38.8 Å². The van der Waals surface area contributed by atoms with Gasteiger partial charge in [0.05, 0.1) is 19.2 Å². The Labute approximate surface area is 204 Å². The molecule has 0 atom stereocenters. The number of ether oxygens (including phenoxy) is 1. The summed E-state index contributed by atoms with van der Waals surface area (Å²) in [5.41, 5.74) is 4.81. The van der Waals surface area contributed by atoms with Crippen molar-refractivity contribution < 1.29 is 14.3 Å². The van der Waals surface area contributed by atoms with Crippen molar-refractivity contribution >= 4 is 17.5 Å². The lowest BCUT2D eigenvalue weighted by Gasteiger charge is -2.11. The van der Waals surface area contributed by atoms with E-state index in [-0.39, 0.29) is 11.8 Å². The average Bonchev–Trinajstić information content (AvgIpc) is 3.30. The van der Waals surface area contributed by atoms with Gasteiger partial charge in [-0.05, 0) is 61.4 Å². The van der Waals surface area contributed by atoms with Crippen molar-refractivity contribution in [2.45, 2.75) is 20.4 Å². The molecular weight excluding hydrogens is 440 g/mol. The first-order valence-corrected chi connectivity index (χ1v) is 11.4. The van der Waals surface area contributed by atoms with E-state index in [1.807, 2.05) is 74.5 Å². The minimum Gasteiger partial charge on any atom is -0.497 e. The summed E-state index contributed by atoms with van der Waals surface area (Å²) in [6.45, 7) is 4.81. The summed E-state index contributed by atoms with van der Waals surface area (Å²) in [6.07, 6.45) is 1.75. The van der Waals surface area contributed by atoms with Gasteiger partial charge in [0.15, 0.2) is 0 Å². The highest BCUT2D eigenvalue weighted by molar-refractivity contribution is 6.09. The molecule has 178 valence electrons. The number of anilines is 1. The fourth-order valence-electron chi connectivity index (χ4n) is 3.75. The van der Waals surface area contributed by atoms with E-state index in [9.17, 15) is 9.59 Å². The van der Waals surface area contributed by atoms with Crippen LogP contribution in [0.3, 0.4) is 0 Å². The van der Waals surface area contributed by atoms with Crippen LogP contribution in [0, 0.1) is 6.92 Å². The number of nitrogens with zero attached hydrogens (tertiary/aromatic N) is 2. The van der Waals surface area contributed by atoms with Gasteiger partial charge in [0.1, 0.15) is 11.4 Å². The van der Waals surface area contributed by atoms with Crippen molar-refractivity contribution in [1.82, 2.24) is 15.1 Å². The molecule has 7 nitrogen and oxygen atoms in total. The van der Waals surface area contributed by atoms with Gasteiger partial charge in [-0.1, -0.05) is 36.4 Å². The van der Waals surface area contributed by atoms with Gasteiger partial charge in [0.25, 0.3) is 11.8 Å². The Morgan fingerprint density at radius 1 is 0.971 bits per heavy atom. The van der Waals surface area contributed by atoms with Gasteiger partial charge in [0.2, 0.25) is 0 Å². The molecule has 0 radical (unpaired) electrons. The minimum atomic E-state index is -0.300. The van der Waals surface area contributed by atoms with Crippen LogP contribution in [0.15, 0.2) is 79.0 Å². The SMILES string of the molecule is CCNC(=O)c1ccc(C)c(NC(=O)c2cn(Cc3ccccc3)nc2-c2ccc(OC)cc2)c1. The number of hydrogen-bond acceptors (Lipinski definition) is 4. The lowest BCUT2D eigenvalue weighted by atomic mass is 10.1. The van der Waals surface area contributed by atoms with Crippen LogP contribution in [0.25, 0.3) is 11.3 Å². The molecule has 0 spiro atoms. The Hall–Kier alpha value is -4.39. The van der Waals surface area contributed by atoms with E-state index in [1.54, 1.807) is 30.1 Å². The molecule has 1 heterocycles. The third-order valence-corrected chi connectivity index (χ3v) is 5.64. The Morgan fingerprint density at radius 3 is 2.40 bits per heavy atom. The van der Waals surface area contributed by atoms with Gasteiger partial charge in [-0.3, -0.25) is 14.3 Å². The third kappa shape index (κ3) is 5.58. The first kappa shape index (κ1) is 23.8. The number of carbonyl (C=O) groups is 2. The molecular formula is C28H28N4O3. The van der Waals surface area contributed by atoms with Gasteiger partial charge < -0.3 is 15.4 Å². The van der Waals surface area contributed by atoms with E-state index in [0.29, 0.717) is 35.6 Å². The summed E-state index contributed by atoms with van der Waals surface area (Å²) >= 11 is 0. The van der Waals surface area contributed by atoms with Crippen LogP contribution < -0.4 is 15.4 Å². The number of hydrogen-bond donors (Lipinski definition) is 2. The van der Waals surface area contributed by atoms with Crippen molar-refractivity contribution in [2.24, 2.45) is 0 Å². The number of nitrogens with one attached hydrogen (secondary N) is 2. The van der Waals surface area contributed by atoms with E-state index in [0.717, 1.165) is 22.4 Å². The van der Waals surface area contributed by atoms with Crippen LogP contribution in [0.2, 0.25) is 0 Å². The molecule has 0 aliphatic rings. The first-order valence-electron chi connectivity index (χ1n) is 11.4. The highest BCUT2D eigenvalue weighted by atomic mass is 16.5. The molecule has 0 aliphatic carbocycles. The molecule has 0 saturated heterocycles. The summed E-state index contributed by atoms with van der Waals surface area (Å²) in [5.74, 6) is 0.241. The molecule has 2 amide bonds. The smallest absolute Gasteiger partial charge is 0.259 e. The van der Waals surface area contributed by atoms with Crippen molar-refractivity contribution in [3.63, 3.8) is 0 Å². The van der Waals surface area contributed by atoms with Crippen LogP contribution >= 0.6 is 0 Å². The molecule has 3 aromatic carbocycles. The van der Waals surface area contributed by atoms with Gasteiger partial charge in [-0.15, -0.1) is 0 Å². The standard InChI is InChI=1S/C28H28N4O3/c1-4-29-27(33)22-11-10-19(2)25(16-22)30-28(34)24-18-32(17-20-8-6-5-7-9-20)31-26(24)21-12-14-23(35-3)15-13-21/h5-16,18H,4,17H2,1-3H3,(H,29,33)(H,30,34).